The molecule has 7 heteroatoms. The fraction of sp³-hybridized carbons (Fsp3) is 0.105. The summed E-state index contributed by atoms with van der Waals surface area (Å²) in [6, 6.07) is 16.5. The van der Waals surface area contributed by atoms with E-state index in [1.165, 1.54) is 6.33 Å². The smallest absolute Gasteiger partial charge is 0.323 e. The molecule has 2 aromatic carbocycles. The van der Waals surface area contributed by atoms with Gasteiger partial charge in [-0.15, -0.1) is 0 Å². The van der Waals surface area contributed by atoms with Gasteiger partial charge in [0, 0.05) is 11.1 Å². The number of carbonyl (C=O) groups excluding carboxylic acids is 1. The van der Waals surface area contributed by atoms with Gasteiger partial charge in [-0.25, -0.2) is 4.98 Å². The molecule has 1 heterocycles. The highest BCUT2D eigenvalue weighted by atomic mass is 16.5. The molecule has 3 aromatic rings. The molecule has 0 atom stereocenters. The molecule has 1 aromatic heterocycles. The minimum absolute atomic E-state index is 0.221. The fourth-order valence-corrected chi connectivity index (χ4v) is 2.65. The fourth-order valence-electron chi connectivity index (χ4n) is 2.65. The molecule has 3 N–H and O–H groups in total. The Morgan fingerprint density at radius 2 is 1.81 bits per heavy atom. The lowest BCUT2D eigenvalue weighted by Crippen LogP contribution is -2.20. The summed E-state index contributed by atoms with van der Waals surface area (Å²) in [5.41, 5.74) is 8.03. The van der Waals surface area contributed by atoms with Crippen LogP contribution < -0.4 is 10.5 Å². The molecule has 0 fully saturated rings. The number of carboxylic acid groups (broad SMARTS) is 1. The Kier molecular flexibility index (Phi) is 4.98. The molecule has 1 amide bonds. The molecule has 132 valence electrons. The average Bonchev–Trinajstić information content (AvgIpc) is 3.04. The summed E-state index contributed by atoms with van der Waals surface area (Å²) in [5, 5.41) is 9.19. The van der Waals surface area contributed by atoms with Crippen molar-refractivity contribution in [2.45, 2.75) is 6.54 Å². The van der Waals surface area contributed by atoms with Crippen LogP contribution in [0.3, 0.4) is 0 Å². The van der Waals surface area contributed by atoms with Gasteiger partial charge in [0.2, 0.25) is 0 Å². The number of ether oxygens (including phenoxy) is 1. The second-order valence-electron chi connectivity index (χ2n) is 5.61. The van der Waals surface area contributed by atoms with Crippen LogP contribution in [0.25, 0.3) is 22.5 Å². The van der Waals surface area contributed by atoms with Gasteiger partial charge < -0.3 is 20.1 Å². The van der Waals surface area contributed by atoms with Crippen molar-refractivity contribution < 1.29 is 19.4 Å². The van der Waals surface area contributed by atoms with Crippen molar-refractivity contribution in [1.82, 2.24) is 9.55 Å². The molecule has 0 saturated heterocycles. The molecule has 0 aliphatic carbocycles. The Labute approximate surface area is 149 Å². The van der Waals surface area contributed by atoms with Crippen LogP contribution in [0.5, 0.6) is 5.75 Å². The average molecular weight is 351 g/mol. The molecular formula is C19H17N3O4. The summed E-state index contributed by atoms with van der Waals surface area (Å²) >= 11 is 0. The van der Waals surface area contributed by atoms with Crippen LogP contribution in [0.4, 0.5) is 0 Å². The second-order valence-corrected chi connectivity index (χ2v) is 5.61. The number of aliphatic carboxylic acids is 1. The van der Waals surface area contributed by atoms with Crippen molar-refractivity contribution in [3.05, 3.63) is 60.9 Å². The number of nitrogens with two attached hydrogens (primary N) is 1. The third-order valence-electron chi connectivity index (χ3n) is 3.68. The Hall–Kier alpha value is -3.61. The number of imidazole rings is 1. The summed E-state index contributed by atoms with van der Waals surface area (Å²) in [4.78, 5) is 26.5. The minimum atomic E-state index is -0.968. The Balaban J connectivity index is 2.07. The normalized spacial score (nSPS) is 10.5. The highest BCUT2D eigenvalue weighted by molar-refractivity contribution is 5.80. The van der Waals surface area contributed by atoms with Gasteiger partial charge in [0.1, 0.15) is 12.3 Å². The molecule has 0 bridgehead atoms. The van der Waals surface area contributed by atoms with Gasteiger partial charge in [-0.1, -0.05) is 42.5 Å². The van der Waals surface area contributed by atoms with Crippen LogP contribution in [0.1, 0.15) is 0 Å². The van der Waals surface area contributed by atoms with E-state index in [0.717, 1.165) is 11.1 Å². The van der Waals surface area contributed by atoms with E-state index in [-0.39, 0.29) is 13.2 Å². The van der Waals surface area contributed by atoms with E-state index < -0.39 is 11.9 Å². The lowest BCUT2D eigenvalue weighted by Gasteiger charge is -2.11. The number of primary amides is 1. The first-order chi connectivity index (χ1) is 12.5. The quantitative estimate of drug-likeness (QED) is 0.678. The topological polar surface area (TPSA) is 107 Å². The van der Waals surface area contributed by atoms with Gasteiger partial charge in [-0.05, 0) is 12.1 Å². The van der Waals surface area contributed by atoms with E-state index in [1.807, 2.05) is 36.4 Å². The van der Waals surface area contributed by atoms with E-state index in [1.54, 1.807) is 22.8 Å². The van der Waals surface area contributed by atoms with E-state index in [4.69, 9.17) is 10.5 Å². The van der Waals surface area contributed by atoms with Gasteiger partial charge in [0.05, 0.1) is 17.7 Å². The minimum Gasteiger partial charge on any atom is -0.484 e. The highest BCUT2D eigenvalue weighted by Gasteiger charge is 2.17. The number of hydrogen-bond donors (Lipinski definition) is 2. The van der Waals surface area contributed by atoms with E-state index in [2.05, 4.69) is 4.98 Å². The summed E-state index contributed by atoms with van der Waals surface area (Å²) in [6.07, 6.45) is 1.50. The van der Waals surface area contributed by atoms with Crippen LogP contribution >= 0.6 is 0 Å². The Bertz CT molecular complexity index is 935. The third-order valence-corrected chi connectivity index (χ3v) is 3.68. The number of carbonyl (C=O) groups is 2. The van der Waals surface area contributed by atoms with Crippen LogP contribution in [0.15, 0.2) is 60.9 Å². The molecular weight excluding hydrogens is 334 g/mol. The zero-order valence-corrected chi connectivity index (χ0v) is 13.8. The van der Waals surface area contributed by atoms with Gasteiger partial charge >= 0.3 is 5.97 Å². The first-order valence-corrected chi connectivity index (χ1v) is 7.88. The second kappa shape index (κ2) is 7.52. The number of benzene rings is 2. The maximum atomic E-state index is 11.2. The standard InChI is InChI=1S/C19H17N3O4/c20-16(23)11-26-15-8-4-7-14(9-15)19-18(13-5-2-1-3-6-13)21-12-22(19)10-17(24)25/h1-9,12H,10-11H2,(H2,20,23)(H,24,25). The summed E-state index contributed by atoms with van der Waals surface area (Å²) < 4.78 is 6.92. The van der Waals surface area contributed by atoms with Crippen LogP contribution in [-0.2, 0) is 16.1 Å². The molecule has 26 heavy (non-hydrogen) atoms. The number of aromatic nitrogens is 2. The third kappa shape index (κ3) is 3.89. The van der Waals surface area contributed by atoms with Crippen molar-refractivity contribution in [2.24, 2.45) is 5.73 Å². The number of carboxylic acids is 1. The molecule has 3 rings (SSSR count). The Morgan fingerprint density at radius 1 is 1.08 bits per heavy atom. The summed E-state index contributed by atoms with van der Waals surface area (Å²) in [5.74, 6) is -1.08. The van der Waals surface area contributed by atoms with Crippen molar-refractivity contribution in [3.8, 4) is 28.3 Å². The zero-order valence-electron chi connectivity index (χ0n) is 13.8. The van der Waals surface area contributed by atoms with E-state index >= 15 is 0 Å². The lowest BCUT2D eigenvalue weighted by atomic mass is 10.0. The Morgan fingerprint density at radius 3 is 2.50 bits per heavy atom. The van der Waals surface area contributed by atoms with Crippen molar-refractivity contribution in [3.63, 3.8) is 0 Å². The molecule has 0 saturated carbocycles. The van der Waals surface area contributed by atoms with Gasteiger partial charge in [0.15, 0.2) is 6.61 Å². The van der Waals surface area contributed by atoms with E-state index in [9.17, 15) is 14.7 Å². The first-order valence-electron chi connectivity index (χ1n) is 7.88. The highest BCUT2D eigenvalue weighted by Crippen LogP contribution is 2.32. The summed E-state index contributed by atoms with van der Waals surface area (Å²) in [6.45, 7) is -0.453. The first kappa shape index (κ1) is 17.2. The van der Waals surface area contributed by atoms with E-state index in [0.29, 0.717) is 17.1 Å². The molecule has 0 aliphatic heterocycles. The number of nitrogens with zero attached hydrogens (tertiary/aromatic N) is 2. The monoisotopic (exact) mass is 351 g/mol. The van der Waals surface area contributed by atoms with Crippen LogP contribution in [0.2, 0.25) is 0 Å². The van der Waals surface area contributed by atoms with Gasteiger partial charge in [-0.2, -0.15) is 0 Å². The largest absolute Gasteiger partial charge is 0.484 e. The molecule has 0 unspecified atom stereocenters. The maximum Gasteiger partial charge on any atom is 0.323 e. The van der Waals surface area contributed by atoms with Crippen molar-refractivity contribution >= 4 is 11.9 Å². The SMILES string of the molecule is NC(=O)COc1cccc(-c2c(-c3ccccc3)ncn2CC(=O)O)c1. The molecule has 7 nitrogen and oxygen atoms in total. The van der Waals surface area contributed by atoms with Crippen molar-refractivity contribution in [1.29, 1.82) is 0 Å². The number of amides is 1. The zero-order chi connectivity index (χ0) is 18.5. The maximum absolute atomic E-state index is 11.2. The van der Waals surface area contributed by atoms with Crippen LogP contribution in [0, 0.1) is 0 Å². The lowest BCUT2D eigenvalue weighted by molar-refractivity contribution is -0.137. The predicted octanol–water partition coefficient (Wildman–Crippen LogP) is 2.17. The van der Waals surface area contributed by atoms with Gasteiger partial charge in [0.25, 0.3) is 5.91 Å². The number of hydrogen-bond acceptors (Lipinski definition) is 4. The molecule has 0 aliphatic rings. The predicted molar refractivity (Wildman–Crippen MR) is 95.4 cm³/mol. The summed E-state index contributed by atoms with van der Waals surface area (Å²) in [7, 11) is 0. The van der Waals surface area contributed by atoms with Crippen molar-refractivity contribution in [2.75, 3.05) is 6.61 Å². The molecule has 0 spiro atoms. The van der Waals surface area contributed by atoms with Gasteiger partial charge in [-0.3, -0.25) is 9.59 Å². The number of rotatable bonds is 7. The molecule has 0 radical (unpaired) electrons. The van der Waals surface area contributed by atoms with Crippen LogP contribution in [-0.4, -0.2) is 33.1 Å².